The standard InChI is InChI=1S/C20H22F5N5O2/c21-12(22)3-1-10-2-4-13(26-9-10)30-7-5-11(6-8-30)16-14-15(20(23,24)25)17(31)19(32)27-18(14)29-28-16/h2,4,9,11-12,15,17,31H,1,3,5-8H2,(H2,27,28,29,32). The van der Waals surface area contributed by atoms with Crippen molar-refractivity contribution in [3.8, 4) is 0 Å². The Morgan fingerprint density at radius 2 is 1.94 bits per heavy atom. The molecule has 2 aliphatic heterocycles. The Kier molecular flexibility index (Phi) is 6.06. The number of aliphatic hydroxyl groups excluding tert-OH is 1. The molecule has 4 heterocycles. The van der Waals surface area contributed by atoms with Gasteiger partial charge < -0.3 is 15.3 Å². The Morgan fingerprint density at radius 1 is 1.22 bits per heavy atom. The van der Waals surface area contributed by atoms with Gasteiger partial charge in [-0.1, -0.05) is 6.07 Å². The van der Waals surface area contributed by atoms with E-state index < -0.39 is 30.5 Å². The summed E-state index contributed by atoms with van der Waals surface area (Å²) in [6.45, 7) is 1.04. The summed E-state index contributed by atoms with van der Waals surface area (Å²) in [5.41, 5.74) is 0.785. The van der Waals surface area contributed by atoms with E-state index in [1.807, 2.05) is 4.90 Å². The van der Waals surface area contributed by atoms with Crippen molar-refractivity contribution in [2.75, 3.05) is 23.3 Å². The lowest BCUT2D eigenvalue weighted by molar-refractivity contribution is -0.177. The van der Waals surface area contributed by atoms with E-state index in [0.29, 0.717) is 37.3 Å². The van der Waals surface area contributed by atoms with Crippen molar-refractivity contribution in [1.82, 2.24) is 15.2 Å². The number of aryl methyl sites for hydroxylation is 1. The lowest BCUT2D eigenvalue weighted by Gasteiger charge is -2.34. The number of carbonyl (C=O) groups is 1. The molecule has 0 spiro atoms. The molecule has 2 aliphatic rings. The lowest BCUT2D eigenvalue weighted by Crippen LogP contribution is -2.44. The number of carbonyl (C=O) groups excluding carboxylic acids is 1. The van der Waals surface area contributed by atoms with Crippen LogP contribution in [0.1, 0.15) is 47.9 Å². The van der Waals surface area contributed by atoms with Crippen LogP contribution in [0.15, 0.2) is 18.3 Å². The molecule has 3 N–H and O–H groups in total. The first-order chi connectivity index (χ1) is 15.1. The molecule has 0 radical (unpaired) electrons. The Morgan fingerprint density at radius 3 is 2.53 bits per heavy atom. The fourth-order valence-corrected chi connectivity index (χ4v) is 4.35. The first-order valence-corrected chi connectivity index (χ1v) is 10.3. The molecule has 2 unspecified atom stereocenters. The van der Waals surface area contributed by atoms with Gasteiger partial charge in [0.25, 0.3) is 5.91 Å². The van der Waals surface area contributed by atoms with E-state index in [-0.39, 0.29) is 35.8 Å². The average molecular weight is 459 g/mol. The molecule has 2 aromatic rings. The highest BCUT2D eigenvalue weighted by molar-refractivity contribution is 5.97. The van der Waals surface area contributed by atoms with Gasteiger partial charge >= 0.3 is 6.18 Å². The third-order valence-electron chi connectivity index (χ3n) is 6.01. The van der Waals surface area contributed by atoms with Gasteiger partial charge in [0.2, 0.25) is 6.43 Å². The van der Waals surface area contributed by atoms with Crippen LogP contribution in [0.25, 0.3) is 0 Å². The number of nitrogens with zero attached hydrogens (tertiary/aromatic N) is 3. The predicted molar refractivity (Wildman–Crippen MR) is 105 cm³/mol. The number of alkyl halides is 5. The summed E-state index contributed by atoms with van der Waals surface area (Å²) < 4.78 is 65.6. The number of aromatic amines is 1. The Labute approximate surface area is 180 Å². The fraction of sp³-hybridized carbons (Fsp3) is 0.550. The number of rotatable bonds is 5. The van der Waals surface area contributed by atoms with Crippen molar-refractivity contribution < 1.29 is 31.9 Å². The molecular formula is C20H22F5N5O2. The first kappa shape index (κ1) is 22.4. The summed E-state index contributed by atoms with van der Waals surface area (Å²) in [6.07, 6.45) is -6.81. The number of pyridine rings is 1. The fourth-order valence-electron chi connectivity index (χ4n) is 4.35. The number of halogens is 5. The molecule has 32 heavy (non-hydrogen) atoms. The van der Waals surface area contributed by atoms with E-state index in [2.05, 4.69) is 20.5 Å². The largest absolute Gasteiger partial charge is 0.398 e. The predicted octanol–water partition coefficient (Wildman–Crippen LogP) is 3.35. The second-order valence-electron chi connectivity index (χ2n) is 8.07. The van der Waals surface area contributed by atoms with Gasteiger partial charge in [-0.25, -0.2) is 13.8 Å². The molecule has 0 saturated carbocycles. The highest BCUT2D eigenvalue weighted by Gasteiger charge is 2.53. The number of hydrogen-bond donors (Lipinski definition) is 3. The number of H-pyrrole nitrogens is 1. The van der Waals surface area contributed by atoms with Gasteiger partial charge in [0.1, 0.15) is 17.8 Å². The molecule has 0 aliphatic carbocycles. The Balaban J connectivity index is 1.46. The Hall–Kier alpha value is -2.76. The van der Waals surface area contributed by atoms with Gasteiger partial charge in [-0.15, -0.1) is 0 Å². The van der Waals surface area contributed by atoms with E-state index in [4.69, 9.17) is 0 Å². The van der Waals surface area contributed by atoms with E-state index in [1.54, 1.807) is 18.3 Å². The van der Waals surface area contributed by atoms with Crippen LogP contribution in [-0.4, -0.2) is 58.0 Å². The van der Waals surface area contributed by atoms with Gasteiger partial charge in [0.15, 0.2) is 5.82 Å². The maximum Gasteiger partial charge on any atom is 0.398 e. The quantitative estimate of drug-likeness (QED) is 0.597. The maximum absolute atomic E-state index is 13.6. The zero-order valence-corrected chi connectivity index (χ0v) is 16.9. The van der Waals surface area contributed by atoms with Crippen molar-refractivity contribution in [2.45, 2.75) is 56.2 Å². The average Bonchev–Trinajstić information content (AvgIpc) is 3.15. The summed E-state index contributed by atoms with van der Waals surface area (Å²) in [6, 6.07) is 3.50. The number of fused-ring (bicyclic) bond motifs is 1. The summed E-state index contributed by atoms with van der Waals surface area (Å²) in [5, 5.41) is 18.6. The molecule has 0 bridgehead atoms. The van der Waals surface area contributed by atoms with Crippen LogP contribution in [0.3, 0.4) is 0 Å². The summed E-state index contributed by atoms with van der Waals surface area (Å²) >= 11 is 0. The summed E-state index contributed by atoms with van der Waals surface area (Å²) in [7, 11) is 0. The van der Waals surface area contributed by atoms with Crippen LogP contribution in [-0.2, 0) is 11.2 Å². The molecule has 12 heteroatoms. The highest BCUT2D eigenvalue weighted by atomic mass is 19.4. The molecule has 174 valence electrons. The maximum atomic E-state index is 13.6. The molecule has 4 rings (SSSR count). The molecule has 2 atom stereocenters. The minimum absolute atomic E-state index is 0.193. The molecule has 1 fully saturated rings. The second kappa shape index (κ2) is 8.64. The van der Waals surface area contributed by atoms with Gasteiger partial charge in [-0.3, -0.25) is 9.89 Å². The normalized spacial score (nSPS) is 22.2. The lowest BCUT2D eigenvalue weighted by atomic mass is 9.83. The molecule has 0 aromatic carbocycles. The van der Waals surface area contributed by atoms with Crippen molar-refractivity contribution in [3.63, 3.8) is 0 Å². The zero-order chi connectivity index (χ0) is 23.0. The summed E-state index contributed by atoms with van der Waals surface area (Å²) in [4.78, 5) is 18.0. The van der Waals surface area contributed by atoms with Crippen LogP contribution >= 0.6 is 0 Å². The topological polar surface area (TPSA) is 94.1 Å². The minimum atomic E-state index is -4.80. The third kappa shape index (κ3) is 4.41. The Bertz CT molecular complexity index is 954. The molecule has 1 amide bonds. The van der Waals surface area contributed by atoms with Crippen LogP contribution in [0.5, 0.6) is 0 Å². The number of aliphatic hydroxyl groups is 1. The SMILES string of the molecule is O=C1Nc2n[nH]c(C3CCN(c4ccc(CCC(F)F)cn4)CC3)c2C(C(F)(F)F)C1O. The molecule has 2 aromatic heterocycles. The smallest absolute Gasteiger partial charge is 0.382 e. The van der Waals surface area contributed by atoms with Gasteiger partial charge in [0, 0.05) is 42.9 Å². The van der Waals surface area contributed by atoms with Crippen molar-refractivity contribution in [1.29, 1.82) is 0 Å². The third-order valence-corrected chi connectivity index (χ3v) is 6.01. The van der Waals surface area contributed by atoms with Crippen molar-refractivity contribution in [2.24, 2.45) is 0 Å². The van der Waals surface area contributed by atoms with Crippen LogP contribution in [0.4, 0.5) is 33.6 Å². The number of anilines is 2. The van der Waals surface area contributed by atoms with Crippen LogP contribution < -0.4 is 10.2 Å². The number of piperidine rings is 1. The zero-order valence-electron chi connectivity index (χ0n) is 16.9. The molecular weight excluding hydrogens is 437 g/mol. The minimum Gasteiger partial charge on any atom is -0.382 e. The summed E-state index contributed by atoms with van der Waals surface area (Å²) in [5.74, 6) is -3.25. The number of hydrogen-bond acceptors (Lipinski definition) is 5. The number of nitrogens with one attached hydrogen (secondary N) is 2. The first-order valence-electron chi connectivity index (χ1n) is 10.3. The van der Waals surface area contributed by atoms with E-state index in [1.165, 1.54) is 0 Å². The van der Waals surface area contributed by atoms with E-state index in [9.17, 15) is 31.9 Å². The van der Waals surface area contributed by atoms with Gasteiger partial charge in [-0.05, 0) is 30.9 Å². The van der Waals surface area contributed by atoms with E-state index in [0.717, 1.165) is 0 Å². The molecule has 7 nitrogen and oxygen atoms in total. The second-order valence-corrected chi connectivity index (χ2v) is 8.07. The number of amides is 1. The van der Waals surface area contributed by atoms with Gasteiger partial charge in [-0.2, -0.15) is 18.3 Å². The molecule has 1 saturated heterocycles. The van der Waals surface area contributed by atoms with Crippen LogP contribution in [0.2, 0.25) is 0 Å². The number of aromatic nitrogens is 3. The van der Waals surface area contributed by atoms with Gasteiger partial charge in [0.05, 0.1) is 0 Å². The van der Waals surface area contributed by atoms with E-state index >= 15 is 0 Å². The van der Waals surface area contributed by atoms with Crippen LogP contribution in [0, 0.1) is 0 Å². The van der Waals surface area contributed by atoms with Crippen molar-refractivity contribution >= 4 is 17.5 Å². The monoisotopic (exact) mass is 459 g/mol. The highest BCUT2D eigenvalue weighted by Crippen LogP contribution is 2.47. The van der Waals surface area contributed by atoms with Crippen molar-refractivity contribution in [3.05, 3.63) is 35.2 Å².